The summed E-state index contributed by atoms with van der Waals surface area (Å²) in [5.74, 6) is -3.44. The first-order valence-corrected chi connectivity index (χ1v) is 8.12. The van der Waals surface area contributed by atoms with Gasteiger partial charge in [-0.3, -0.25) is 0 Å². The number of hydrogen-bond donors (Lipinski definition) is 1. The maximum absolute atomic E-state index is 12.8. The first-order valence-electron chi connectivity index (χ1n) is 6.57. The Bertz CT molecular complexity index is 593. The average molecular weight is 320 g/mol. The summed E-state index contributed by atoms with van der Waals surface area (Å²) in [5.41, 5.74) is 6.06. The minimum atomic E-state index is -4.64. The molecule has 1 aromatic carbocycles. The van der Waals surface area contributed by atoms with E-state index < -0.39 is 15.6 Å². The van der Waals surface area contributed by atoms with Crippen LogP contribution in [0.15, 0.2) is 29.2 Å². The molecule has 1 fully saturated rings. The van der Waals surface area contributed by atoms with E-state index in [1.807, 2.05) is 0 Å². The van der Waals surface area contributed by atoms with E-state index in [1.165, 1.54) is 18.2 Å². The minimum absolute atomic E-state index is 0.230. The molecule has 8 heteroatoms. The molecule has 0 radical (unpaired) electrons. The number of morpholine rings is 1. The summed E-state index contributed by atoms with van der Waals surface area (Å²) >= 11 is 0. The van der Waals surface area contributed by atoms with Gasteiger partial charge in [0.15, 0.2) is 0 Å². The topological polar surface area (TPSA) is 72.6 Å². The van der Waals surface area contributed by atoms with E-state index in [1.54, 1.807) is 17.9 Å². The molecule has 1 aliphatic heterocycles. The number of halogens is 2. The average Bonchev–Trinajstić information content (AvgIpc) is 2.47. The summed E-state index contributed by atoms with van der Waals surface area (Å²) in [5, 5.41) is 0. The maximum Gasteiger partial charge on any atom is 0.341 e. The number of nitrogens with zero attached hydrogens (tertiary/aromatic N) is 1. The van der Waals surface area contributed by atoms with E-state index in [0.717, 1.165) is 0 Å². The van der Waals surface area contributed by atoms with Gasteiger partial charge in [-0.05, 0) is 19.1 Å². The molecule has 1 aromatic rings. The second-order valence-corrected chi connectivity index (χ2v) is 6.87. The number of sulfone groups is 1. The number of anilines is 1. The monoisotopic (exact) mass is 320 g/mol. The summed E-state index contributed by atoms with van der Waals surface area (Å²) in [4.78, 5) is 1.37. The van der Waals surface area contributed by atoms with Gasteiger partial charge in [0.25, 0.3) is 0 Å². The third-order valence-electron chi connectivity index (χ3n) is 3.43. The fraction of sp³-hybridized carbons (Fsp3) is 0.538. The van der Waals surface area contributed by atoms with E-state index >= 15 is 0 Å². The highest BCUT2D eigenvalue weighted by atomic mass is 32.2. The van der Waals surface area contributed by atoms with Crippen molar-refractivity contribution < 1.29 is 21.9 Å². The SMILES string of the molecule is CC(N)C1CN(c2ccccc2S(=O)(=O)C(F)F)CCO1. The zero-order valence-corrected chi connectivity index (χ0v) is 12.4. The van der Waals surface area contributed by atoms with Crippen molar-refractivity contribution >= 4 is 15.5 Å². The molecule has 1 aliphatic rings. The van der Waals surface area contributed by atoms with Gasteiger partial charge in [0.1, 0.15) is 0 Å². The number of alkyl halides is 2. The Kier molecular flexibility index (Phi) is 4.80. The number of hydrogen-bond acceptors (Lipinski definition) is 5. The molecule has 0 aromatic heterocycles. The quantitative estimate of drug-likeness (QED) is 0.903. The van der Waals surface area contributed by atoms with Gasteiger partial charge in [-0.15, -0.1) is 0 Å². The van der Waals surface area contributed by atoms with Crippen LogP contribution in [0.4, 0.5) is 14.5 Å². The van der Waals surface area contributed by atoms with Crippen molar-refractivity contribution in [3.8, 4) is 0 Å². The van der Waals surface area contributed by atoms with Crippen LogP contribution in [0.25, 0.3) is 0 Å². The Balaban J connectivity index is 2.37. The van der Waals surface area contributed by atoms with Crippen LogP contribution in [0.2, 0.25) is 0 Å². The molecule has 2 atom stereocenters. The van der Waals surface area contributed by atoms with Crippen LogP contribution in [-0.4, -0.2) is 46.0 Å². The Morgan fingerprint density at radius 3 is 2.67 bits per heavy atom. The van der Waals surface area contributed by atoms with Crippen molar-refractivity contribution in [1.29, 1.82) is 0 Å². The summed E-state index contributed by atoms with van der Waals surface area (Å²) in [6.07, 6.45) is -0.263. The van der Waals surface area contributed by atoms with E-state index in [0.29, 0.717) is 19.7 Å². The van der Waals surface area contributed by atoms with Crippen LogP contribution in [0.1, 0.15) is 6.92 Å². The Labute approximate surface area is 122 Å². The second kappa shape index (κ2) is 6.25. The lowest BCUT2D eigenvalue weighted by molar-refractivity contribution is 0.0274. The van der Waals surface area contributed by atoms with Crippen molar-refractivity contribution in [3.63, 3.8) is 0 Å². The van der Waals surface area contributed by atoms with E-state index in [9.17, 15) is 17.2 Å². The van der Waals surface area contributed by atoms with Crippen molar-refractivity contribution in [1.82, 2.24) is 0 Å². The molecule has 2 unspecified atom stereocenters. The molecule has 0 spiro atoms. The minimum Gasteiger partial charge on any atom is -0.373 e. The van der Waals surface area contributed by atoms with Crippen molar-refractivity contribution in [3.05, 3.63) is 24.3 Å². The second-order valence-electron chi connectivity index (χ2n) is 4.99. The van der Waals surface area contributed by atoms with Crippen LogP contribution in [-0.2, 0) is 14.6 Å². The van der Waals surface area contributed by atoms with E-state index in [-0.39, 0.29) is 22.7 Å². The number of para-hydroxylation sites is 1. The highest BCUT2D eigenvalue weighted by Crippen LogP contribution is 2.30. The first-order chi connectivity index (χ1) is 9.84. The predicted molar refractivity (Wildman–Crippen MR) is 75.2 cm³/mol. The van der Waals surface area contributed by atoms with Crippen LogP contribution < -0.4 is 10.6 Å². The molecular weight excluding hydrogens is 302 g/mol. The highest BCUT2D eigenvalue weighted by molar-refractivity contribution is 7.91. The molecule has 118 valence electrons. The van der Waals surface area contributed by atoms with Gasteiger partial charge >= 0.3 is 5.76 Å². The van der Waals surface area contributed by atoms with Gasteiger partial charge in [0, 0.05) is 19.1 Å². The molecule has 21 heavy (non-hydrogen) atoms. The first kappa shape index (κ1) is 16.1. The van der Waals surface area contributed by atoms with E-state index in [4.69, 9.17) is 10.5 Å². The molecule has 2 rings (SSSR count). The smallest absolute Gasteiger partial charge is 0.341 e. The normalized spacial score (nSPS) is 21.6. The number of benzene rings is 1. The Morgan fingerprint density at radius 2 is 2.05 bits per heavy atom. The summed E-state index contributed by atoms with van der Waals surface area (Å²) in [7, 11) is -4.64. The van der Waals surface area contributed by atoms with Gasteiger partial charge in [0.2, 0.25) is 9.84 Å². The summed E-state index contributed by atoms with van der Waals surface area (Å²) in [6.45, 7) is 2.96. The molecule has 0 amide bonds. The highest BCUT2D eigenvalue weighted by Gasteiger charge is 2.32. The maximum atomic E-state index is 12.8. The van der Waals surface area contributed by atoms with Crippen LogP contribution in [0, 0.1) is 0 Å². The molecule has 5 nitrogen and oxygen atoms in total. The standard InChI is InChI=1S/C13H18F2N2O3S/c1-9(16)11-8-17(6-7-20-11)10-4-2-3-5-12(10)21(18,19)13(14)15/h2-5,9,11,13H,6-8,16H2,1H3. The fourth-order valence-electron chi connectivity index (χ4n) is 2.27. The van der Waals surface area contributed by atoms with Gasteiger partial charge in [-0.2, -0.15) is 8.78 Å². The largest absolute Gasteiger partial charge is 0.373 e. The molecule has 0 saturated carbocycles. The van der Waals surface area contributed by atoms with Crippen molar-refractivity contribution in [2.24, 2.45) is 5.73 Å². The van der Waals surface area contributed by atoms with Crippen LogP contribution in [0.3, 0.4) is 0 Å². The number of nitrogens with two attached hydrogens (primary N) is 1. The van der Waals surface area contributed by atoms with Gasteiger partial charge in [0.05, 0.1) is 23.3 Å². The van der Waals surface area contributed by atoms with Gasteiger partial charge < -0.3 is 15.4 Å². The van der Waals surface area contributed by atoms with Crippen molar-refractivity contribution in [2.45, 2.75) is 29.7 Å². The molecular formula is C13H18F2N2O3S. The molecule has 0 aliphatic carbocycles. The third kappa shape index (κ3) is 3.33. The third-order valence-corrected chi connectivity index (χ3v) is 4.85. The van der Waals surface area contributed by atoms with Gasteiger partial charge in [-0.1, -0.05) is 12.1 Å². The number of rotatable bonds is 4. The fourth-order valence-corrected chi connectivity index (χ4v) is 3.22. The molecule has 1 heterocycles. The molecule has 2 N–H and O–H groups in total. The lowest BCUT2D eigenvalue weighted by Crippen LogP contribution is -2.50. The summed E-state index contributed by atoms with van der Waals surface area (Å²) in [6, 6.07) is 5.55. The van der Waals surface area contributed by atoms with Crippen molar-refractivity contribution in [2.75, 3.05) is 24.6 Å². The Morgan fingerprint density at radius 1 is 1.38 bits per heavy atom. The van der Waals surface area contributed by atoms with E-state index in [2.05, 4.69) is 0 Å². The van der Waals surface area contributed by atoms with Crippen LogP contribution >= 0.6 is 0 Å². The molecule has 1 saturated heterocycles. The van der Waals surface area contributed by atoms with Crippen LogP contribution in [0.5, 0.6) is 0 Å². The number of ether oxygens (including phenoxy) is 1. The summed E-state index contributed by atoms with van der Waals surface area (Å²) < 4.78 is 54.7. The predicted octanol–water partition coefficient (Wildman–Crippen LogP) is 1.24. The zero-order valence-electron chi connectivity index (χ0n) is 11.6. The molecule has 0 bridgehead atoms. The zero-order chi connectivity index (χ0) is 15.6. The lowest BCUT2D eigenvalue weighted by Gasteiger charge is -2.36. The van der Waals surface area contributed by atoms with Gasteiger partial charge in [-0.25, -0.2) is 8.42 Å². The lowest BCUT2D eigenvalue weighted by atomic mass is 10.1. The Hall–Kier alpha value is -1.25.